The standard InChI is InChI=1S/C12H17N/c1-10-11(7-5-9-13)6-4-8-12(10,2)3/h5,7H,4,6,8H2,1-3H3. The molecule has 0 radical (unpaired) electrons. The van der Waals surface area contributed by atoms with E-state index in [0.717, 1.165) is 6.42 Å². The zero-order valence-electron chi connectivity index (χ0n) is 8.72. The Hall–Kier alpha value is -1.03. The van der Waals surface area contributed by atoms with Crippen LogP contribution in [-0.4, -0.2) is 0 Å². The van der Waals surface area contributed by atoms with Gasteiger partial charge in [0.25, 0.3) is 0 Å². The van der Waals surface area contributed by atoms with Gasteiger partial charge in [-0.25, -0.2) is 0 Å². The molecule has 13 heavy (non-hydrogen) atoms. The van der Waals surface area contributed by atoms with E-state index in [1.54, 1.807) is 6.08 Å². The summed E-state index contributed by atoms with van der Waals surface area (Å²) in [6.45, 7) is 6.75. The fraction of sp³-hybridized carbons (Fsp3) is 0.583. The molecule has 0 unspecified atom stereocenters. The second-order valence-corrected chi connectivity index (χ2v) is 4.35. The molecule has 0 saturated carbocycles. The molecule has 1 rings (SSSR count). The molecule has 0 atom stereocenters. The minimum absolute atomic E-state index is 0.327. The smallest absolute Gasteiger partial charge is 0.0912 e. The van der Waals surface area contributed by atoms with Gasteiger partial charge < -0.3 is 0 Å². The number of hydrogen-bond donors (Lipinski definition) is 0. The molecule has 0 heterocycles. The first-order chi connectivity index (χ1) is 6.08. The number of nitriles is 1. The molecular formula is C12H17N. The second-order valence-electron chi connectivity index (χ2n) is 4.35. The Balaban J connectivity index is 2.95. The first kappa shape index (κ1) is 10.1. The van der Waals surface area contributed by atoms with E-state index in [-0.39, 0.29) is 0 Å². The third-order valence-electron chi connectivity index (χ3n) is 3.10. The van der Waals surface area contributed by atoms with Gasteiger partial charge >= 0.3 is 0 Å². The van der Waals surface area contributed by atoms with Gasteiger partial charge in [-0.3, -0.25) is 0 Å². The summed E-state index contributed by atoms with van der Waals surface area (Å²) in [7, 11) is 0. The van der Waals surface area contributed by atoms with Gasteiger partial charge in [0.05, 0.1) is 6.07 Å². The maximum Gasteiger partial charge on any atom is 0.0912 e. The fourth-order valence-electron chi connectivity index (χ4n) is 1.88. The van der Waals surface area contributed by atoms with Crippen molar-refractivity contribution in [3.05, 3.63) is 23.3 Å². The van der Waals surface area contributed by atoms with E-state index in [1.165, 1.54) is 24.0 Å². The zero-order chi connectivity index (χ0) is 9.90. The highest BCUT2D eigenvalue weighted by Gasteiger charge is 2.25. The lowest BCUT2D eigenvalue weighted by Gasteiger charge is -2.32. The van der Waals surface area contributed by atoms with Gasteiger partial charge in [0.2, 0.25) is 0 Å². The van der Waals surface area contributed by atoms with Crippen molar-refractivity contribution in [3.63, 3.8) is 0 Å². The van der Waals surface area contributed by atoms with Crippen molar-refractivity contribution < 1.29 is 0 Å². The molecule has 0 N–H and O–H groups in total. The van der Waals surface area contributed by atoms with Crippen molar-refractivity contribution in [3.8, 4) is 6.07 Å². The summed E-state index contributed by atoms with van der Waals surface area (Å²) in [5.74, 6) is 0. The number of rotatable bonds is 1. The minimum Gasteiger partial charge on any atom is -0.193 e. The molecule has 1 nitrogen and oxygen atoms in total. The van der Waals surface area contributed by atoms with Crippen LogP contribution in [0.3, 0.4) is 0 Å². The summed E-state index contributed by atoms with van der Waals surface area (Å²) < 4.78 is 0. The van der Waals surface area contributed by atoms with Gasteiger partial charge in [-0.2, -0.15) is 5.26 Å². The van der Waals surface area contributed by atoms with Crippen molar-refractivity contribution in [2.45, 2.75) is 40.0 Å². The third kappa shape index (κ3) is 2.21. The predicted molar refractivity (Wildman–Crippen MR) is 55.1 cm³/mol. The van der Waals surface area contributed by atoms with Crippen LogP contribution in [0.5, 0.6) is 0 Å². The summed E-state index contributed by atoms with van der Waals surface area (Å²) in [4.78, 5) is 0. The SMILES string of the molecule is CC1=C(C=CC#N)CCCC1(C)C. The van der Waals surface area contributed by atoms with E-state index in [0.29, 0.717) is 5.41 Å². The molecule has 0 bridgehead atoms. The van der Waals surface area contributed by atoms with Crippen LogP contribution in [0.15, 0.2) is 23.3 Å². The second kappa shape index (κ2) is 3.79. The minimum atomic E-state index is 0.327. The lowest BCUT2D eigenvalue weighted by Crippen LogP contribution is -2.18. The Kier molecular flexibility index (Phi) is 2.93. The molecule has 70 valence electrons. The average Bonchev–Trinajstić information content (AvgIpc) is 2.08. The van der Waals surface area contributed by atoms with E-state index in [2.05, 4.69) is 20.8 Å². The Morgan fingerprint density at radius 1 is 1.46 bits per heavy atom. The van der Waals surface area contributed by atoms with Gasteiger partial charge in [-0.05, 0) is 43.3 Å². The van der Waals surface area contributed by atoms with Crippen LogP contribution < -0.4 is 0 Å². The van der Waals surface area contributed by atoms with Gasteiger partial charge in [-0.15, -0.1) is 0 Å². The van der Waals surface area contributed by atoms with Crippen molar-refractivity contribution >= 4 is 0 Å². The van der Waals surface area contributed by atoms with E-state index in [1.807, 2.05) is 12.1 Å². The summed E-state index contributed by atoms with van der Waals surface area (Å²) in [6.07, 6.45) is 7.20. The number of allylic oxidation sites excluding steroid dienone is 4. The first-order valence-corrected chi connectivity index (χ1v) is 4.84. The average molecular weight is 175 g/mol. The summed E-state index contributed by atoms with van der Waals surface area (Å²) >= 11 is 0. The summed E-state index contributed by atoms with van der Waals surface area (Å²) in [5, 5.41) is 8.45. The van der Waals surface area contributed by atoms with Crippen molar-refractivity contribution in [1.29, 1.82) is 5.26 Å². The highest BCUT2D eigenvalue weighted by molar-refractivity contribution is 5.32. The molecule has 1 heteroatoms. The van der Waals surface area contributed by atoms with Gasteiger partial charge in [0.15, 0.2) is 0 Å². The highest BCUT2D eigenvalue weighted by Crippen LogP contribution is 2.39. The molecule has 0 spiro atoms. The molecule has 0 aromatic rings. The van der Waals surface area contributed by atoms with Crippen LogP contribution in [0, 0.1) is 16.7 Å². The lowest BCUT2D eigenvalue weighted by molar-refractivity contribution is 0.370. The molecule has 1 aliphatic carbocycles. The molecule has 1 aliphatic rings. The van der Waals surface area contributed by atoms with Gasteiger partial charge in [0, 0.05) is 6.08 Å². The normalized spacial score (nSPS) is 22.0. The Morgan fingerprint density at radius 3 is 2.77 bits per heavy atom. The maximum atomic E-state index is 8.45. The molecule has 0 saturated heterocycles. The third-order valence-corrected chi connectivity index (χ3v) is 3.10. The molecule has 0 fully saturated rings. The van der Waals surface area contributed by atoms with E-state index < -0.39 is 0 Å². The van der Waals surface area contributed by atoms with Gasteiger partial charge in [-0.1, -0.05) is 19.4 Å². The van der Waals surface area contributed by atoms with Crippen molar-refractivity contribution in [1.82, 2.24) is 0 Å². The van der Waals surface area contributed by atoms with Crippen LogP contribution >= 0.6 is 0 Å². The zero-order valence-corrected chi connectivity index (χ0v) is 8.72. The van der Waals surface area contributed by atoms with Gasteiger partial charge in [0.1, 0.15) is 0 Å². The van der Waals surface area contributed by atoms with Crippen LogP contribution in [0.25, 0.3) is 0 Å². The van der Waals surface area contributed by atoms with E-state index in [4.69, 9.17) is 5.26 Å². The molecule has 0 amide bonds. The quantitative estimate of drug-likeness (QED) is 0.559. The molecule has 0 aliphatic heterocycles. The topological polar surface area (TPSA) is 23.8 Å². The largest absolute Gasteiger partial charge is 0.193 e. The van der Waals surface area contributed by atoms with Crippen molar-refractivity contribution in [2.24, 2.45) is 5.41 Å². The first-order valence-electron chi connectivity index (χ1n) is 4.84. The van der Waals surface area contributed by atoms with Crippen molar-refractivity contribution in [2.75, 3.05) is 0 Å². The number of nitrogens with zero attached hydrogens (tertiary/aromatic N) is 1. The predicted octanol–water partition coefficient (Wildman–Crippen LogP) is 3.59. The van der Waals surface area contributed by atoms with Crippen LogP contribution in [0.1, 0.15) is 40.0 Å². The summed E-state index contributed by atoms with van der Waals surface area (Å²) in [6, 6.07) is 2.05. The van der Waals surface area contributed by atoms with E-state index >= 15 is 0 Å². The lowest BCUT2D eigenvalue weighted by atomic mass is 9.73. The van der Waals surface area contributed by atoms with Crippen LogP contribution in [0.4, 0.5) is 0 Å². The summed E-state index contributed by atoms with van der Waals surface area (Å²) in [5.41, 5.74) is 3.14. The maximum absolute atomic E-state index is 8.45. The highest BCUT2D eigenvalue weighted by atomic mass is 14.3. The van der Waals surface area contributed by atoms with Crippen LogP contribution in [-0.2, 0) is 0 Å². The number of hydrogen-bond acceptors (Lipinski definition) is 1. The van der Waals surface area contributed by atoms with Crippen LogP contribution in [0.2, 0.25) is 0 Å². The Morgan fingerprint density at radius 2 is 2.15 bits per heavy atom. The molecule has 0 aromatic heterocycles. The molecule has 0 aromatic carbocycles. The fourth-order valence-corrected chi connectivity index (χ4v) is 1.88. The Labute approximate surface area is 80.8 Å². The monoisotopic (exact) mass is 175 g/mol. The Bertz CT molecular complexity index is 287. The molecular weight excluding hydrogens is 158 g/mol. The van der Waals surface area contributed by atoms with E-state index in [9.17, 15) is 0 Å².